The Morgan fingerprint density at radius 2 is 1.25 bits per heavy atom. The first-order chi connectivity index (χ1) is 7.24. The maximum Gasteiger partial charge on any atom is 0.166 e. The van der Waals surface area contributed by atoms with Gasteiger partial charge >= 0.3 is 0 Å². The lowest BCUT2D eigenvalue weighted by Crippen LogP contribution is -2.49. The van der Waals surface area contributed by atoms with Crippen molar-refractivity contribution in [3.63, 3.8) is 0 Å². The second-order valence-electron chi connectivity index (χ2n) is 5.68. The summed E-state index contributed by atoms with van der Waals surface area (Å²) in [4.78, 5) is 24.8. The van der Waals surface area contributed by atoms with Crippen molar-refractivity contribution in [1.29, 1.82) is 0 Å². The van der Waals surface area contributed by atoms with Crippen molar-refractivity contribution in [2.24, 2.45) is 10.8 Å². The van der Waals surface area contributed by atoms with Crippen LogP contribution in [0.2, 0.25) is 0 Å². The van der Waals surface area contributed by atoms with Gasteiger partial charge in [0, 0.05) is 10.8 Å². The van der Waals surface area contributed by atoms with E-state index in [0.29, 0.717) is 24.0 Å². The predicted molar refractivity (Wildman–Crippen MR) is 63.0 cm³/mol. The van der Waals surface area contributed by atoms with Crippen molar-refractivity contribution in [3.05, 3.63) is 23.3 Å². The van der Waals surface area contributed by atoms with Gasteiger partial charge in [-0.15, -0.1) is 0 Å². The minimum atomic E-state index is -0.565. The topological polar surface area (TPSA) is 34.1 Å². The Morgan fingerprint density at radius 3 is 1.56 bits per heavy atom. The molecule has 2 atom stereocenters. The van der Waals surface area contributed by atoms with Gasteiger partial charge in [0.2, 0.25) is 0 Å². The van der Waals surface area contributed by atoms with E-state index in [0.717, 1.165) is 5.57 Å². The van der Waals surface area contributed by atoms with E-state index in [9.17, 15) is 9.59 Å². The maximum absolute atomic E-state index is 12.4. The van der Waals surface area contributed by atoms with Crippen LogP contribution in [0.15, 0.2) is 23.3 Å². The van der Waals surface area contributed by atoms with Crippen LogP contribution in [0.3, 0.4) is 0 Å². The molecule has 0 bridgehead atoms. The van der Waals surface area contributed by atoms with Crippen LogP contribution in [0, 0.1) is 10.8 Å². The Hall–Kier alpha value is -1.18. The third-order valence-electron chi connectivity index (χ3n) is 4.67. The molecule has 2 rings (SSSR count). The highest BCUT2D eigenvalue weighted by Gasteiger charge is 2.61. The Kier molecular flexibility index (Phi) is 2.07. The summed E-state index contributed by atoms with van der Waals surface area (Å²) in [5.74, 6) is 0.261. The van der Waals surface area contributed by atoms with Crippen LogP contribution in [0.1, 0.15) is 40.5 Å². The number of carbonyl (C=O) groups is 2. The summed E-state index contributed by atoms with van der Waals surface area (Å²) in [6.07, 6.45) is 1.30. The highest BCUT2D eigenvalue weighted by Crippen LogP contribution is 2.59. The molecule has 0 aromatic carbocycles. The minimum Gasteiger partial charge on any atom is -0.294 e. The molecular formula is C14H18O2. The fourth-order valence-corrected chi connectivity index (χ4v) is 3.28. The fourth-order valence-electron chi connectivity index (χ4n) is 3.28. The number of rotatable bonds is 0. The minimum absolute atomic E-state index is 0.130. The molecule has 0 aromatic rings. The molecular weight excluding hydrogens is 200 g/mol. The Bertz CT molecular complexity index is 415. The van der Waals surface area contributed by atoms with Crippen molar-refractivity contribution >= 4 is 11.6 Å². The number of hydrogen-bond donors (Lipinski definition) is 0. The highest BCUT2D eigenvalue weighted by atomic mass is 16.1. The predicted octanol–water partition coefficient (Wildman–Crippen LogP) is 2.84. The van der Waals surface area contributed by atoms with E-state index in [2.05, 4.69) is 6.58 Å². The number of hydrogen-bond acceptors (Lipinski definition) is 2. The zero-order valence-corrected chi connectivity index (χ0v) is 10.4. The molecule has 1 saturated carbocycles. The van der Waals surface area contributed by atoms with Gasteiger partial charge in [-0.1, -0.05) is 26.0 Å². The van der Waals surface area contributed by atoms with Crippen molar-refractivity contribution in [1.82, 2.24) is 0 Å². The maximum atomic E-state index is 12.4. The van der Waals surface area contributed by atoms with E-state index < -0.39 is 10.8 Å². The third kappa shape index (κ3) is 1.02. The van der Waals surface area contributed by atoms with Crippen LogP contribution in [0.25, 0.3) is 0 Å². The molecule has 86 valence electrons. The second kappa shape index (κ2) is 2.93. The molecule has 0 spiro atoms. The molecule has 2 aliphatic carbocycles. The molecule has 2 nitrogen and oxygen atoms in total. The lowest BCUT2D eigenvalue weighted by molar-refractivity contribution is -0.142. The van der Waals surface area contributed by atoms with E-state index in [1.807, 2.05) is 13.8 Å². The van der Waals surface area contributed by atoms with E-state index in [-0.39, 0.29) is 11.6 Å². The Balaban J connectivity index is 2.70. The van der Waals surface area contributed by atoms with Gasteiger partial charge in [-0.3, -0.25) is 9.59 Å². The first kappa shape index (κ1) is 11.3. The van der Waals surface area contributed by atoms with Gasteiger partial charge in [0.05, 0.1) is 0 Å². The normalized spacial score (nSPS) is 39.4. The van der Waals surface area contributed by atoms with E-state index in [1.54, 1.807) is 13.8 Å². The lowest BCUT2D eigenvalue weighted by Gasteiger charge is -2.42. The van der Waals surface area contributed by atoms with Crippen molar-refractivity contribution < 1.29 is 9.59 Å². The summed E-state index contributed by atoms with van der Waals surface area (Å²) in [6, 6.07) is 0. The largest absolute Gasteiger partial charge is 0.294 e. The van der Waals surface area contributed by atoms with E-state index in [4.69, 9.17) is 0 Å². The lowest BCUT2D eigenvalue weighted by atomic mass is 9.57. The molecule has 0 heterocycles. The first-order valence-electron chi connectivity index (χ1n) is 5.68. The Morgan fingerprint density at radius 1 is 0.938 bits per heavy atom. The summed E-state index contributed by atoms with van der Waals surface area (Å²) in [5.41, 5.74) is 1.17. The highest BCUT2D eigenvalue weighted by molar-refractivity contribution is 6.17. The van der Waals surface area contributed by atoms with E-state index >= 15 is 0 Å². The zero-order valence-electron chi connectivity index (χ0n) is 10.4. The number of allylic oxidation sites excluding steroid dienone is 3. The summed E-state index contributed by atoms with van der Waals surface area (Å²) in [7, 11) is 0. The van der Waals surface area contributed by atoms with Crippen LogP contribution >= 0.6 is 0 Å². The molecule has 16 heavy (non-hydrogen) atoms. The van der Waals surface area contributed by atoms with Gasteiger partial charge in [-0.2, -0.15) is 0 Å². The van der Waals surface area contributed by atoms with Crippen LogP contribution in [-0.2, 0) is 9.59 Å². The van der Waals surface area contributed by atoms with Gasteiger partial charge < -0.3 is 0 Å². The van der Waals surface area contributed by atoms with Crippen molar-refractivity contribution in [2.45, 2.75) is 40.5 Å². The van der Waals surface area contributed by atoms with Gasteiger partial charge in [0.15, 0.2) is 11.6 Å². The smallest absolute Gasteiger partial charge is 0.166 e. The Labute approximate surface area is 96.4 Å². The van der Waals surface area contributed by atoms with Gasteiger partial charge in [0.25, 0.3) is 0 Å². The standard InChI is InChI=1S/C14H18O2/c1-8-6-13(4)11(15)9(2)10(3)12(16)14(13,5)7-8/h1,6-7H2,2-5H3/t13-,14+. The molecule has 0 aromatic heterocycles. The van der Waals surface area contributed by atoms with Crippen molar-refractivity contribution in [2.75, 3.05) is 0 Å². The number of carbonyl (C=O) groups excluding carboxylic acids is 2. The summed E-state index contributed by atoms with van der Waals surface area (Å²) >= 11 is 0. The SMILES string of the molecule is C=C1C[C@@]2(C)C(=O)C(C)=C(C)C(=O)[C@@]2(C)C1. The summed E-state index contributed by atoms with van der Waals surface area (Å²) in [5, 5.41) is 0. The molecule has 2 heteroatoms. The van der Waals surface area contributed by atoms with Crippen LogP contribution in [0.5, 0.6) is 0 Å². The summed E-state index contributed by atoms with van der Waals surface area (Å²) < 4.78 is 0. The average Bonchev–Trinajstić information content (AvgIpc) is 2.46. The second-order valence-corrected chi connectivity index (χ2v) is 5.68. The molecule has 0 unspecified atom stereocenters. The van der Waals surface area contributed by atoms with Crippen LogP contribution in [-0.4, -0.2) is 11.6 Å². The third-order valence-corrected chi connectivity index (χ3v) is 4.67. The van der Waals surface area contributed by atoms with Crippen LogP contribution in [0.4, 0.5) is 0 Å². The first-order valence-corrected chi connectivity index (χ1v) is 5.68. The van der Waals surface area contributed by atoms with Crippen LogP contribution < -0.4 is 0 Å². The molecule has 2 aliphatic rings. The molecule has 0 aliphatic heterocycles. The molecule has 1 fully saturated rings. The summed E-state index contributed by atoms with van der Waals surface area (Å²) in [6.45, 7) is 11.3. The number of fused-ring (bicyclic) bond motifs is 1. The molecule has 0 radical (unpaired) electrons. The number of Topliss-reactive ketones (excluding diaryl/α,β-unsaturated/α-hetero) is 2. The zero-order chi connectivity index (χ0) is 12.3. The molecule has 0 N–H and O–H groups in total. The number of ketones is 2. The quantitative estimate of drug-likeness (QED) is 0.586. The fraction of sp³-hybridized carbons (Fsp3) is 0.571. The molecule has 0 amide bonds. The average molecular weight is 218 g/mol. The van der Waals surface area contributed by atoms with Gasteiger partial charge in [0.1, 0.15) is 0 Å². The van der Waals surface area contributed by atoms with Gasteiger partial charge in [-0.05, 0) is 37.8 Å². The van der Waals surface area contributed by atoms with E-state index in [1.165, 1.54) is 0 Å². The molecule has 0 saturated heterocycles. The monoisotopic (exact) mass is 218 g/mol. The van der Waals surface area contributed by atoms with Crippen molar-refractivity contribution in [3.8, 4) is 0 Å². The van der Waals surface area contributed by atoms with Gasteiger partial charge in [-0.25, -0.2) is 0 Å².